The Morgan fingerprint density at radius 3 is 1.73 bits per heavy atom. The van der Waals surface area contributed by atoms with Crippen LogP contribution in [0.15, 0.2) is 88.7 Å². The molecule has 0 saturated heterocycles. The number of rotatable bonds is 2. The Morgan fingerprint density at radius 1 is 0.682 bits per heavy atom. The first kappa shape index (κ1) is 13.6. The summed E-state index contributed by atoms with van der Waals surface area (Å²) in [6.45, 7) is 0. The van der Waals surface area contributed by atoms with Gasteiger partial charge in [-0.05, 0) is 17.7 Å². The minimum Gasteiger partial charge on any atom is -0.364 e. The standard InChI is InChI=1S/C20H16OS/c1-21-20(15-9-3-2-4-10-15)16-11-5-7-13-18(16)22-19-14-8-6-12-17(19)20/h2-14H,1H3. The molecule has 108 valence electrons. The average molecular weight is 304 g/mol. The maximum atomic E-state index is 6.20. The van der Waals surface area contributed by atoms with Crippen LogP contribution in [0.5, 0.6) is 0 Å². The smallest absolute Gasteiger partial charge is 0.145 e. The van der Waals surface area contributed by atoms with Gasteiger partial charge >= 0.3 is 0 Å². The second-order valence-electron chi connectivity index (χ2n) is 5.35. The van der Waals surface area contributed by atoms with E-state index in [1.807, 2.05) is 17.8 Å². The lowest BCUT2D eigenvalue weighted by molar-refractivity contribution is 0.0531. The van der Waals surface area contributed by atoms with Gasteiger partial charge in [-0.2, -0.15) is 0 Å². The van der Waals surface area contributed by atoms with E-state index in [4.69, 9.17) is 4.74 Å². The van der Waals surface area contributed by atoms with E-state index in [9.17, 15) is 0 Å². The lowest BCUT2D eigenvalue weighted by Crippen LogP contribution is -2.34. The number of benzene rings is 3. The van der Waals surface area contributed by atoms with Gasteiger partial charge in [-0.15, -0.1) is 0 Å². The van der Waals surface area contributed by atoms with E-state index >= 15 is 0 Å². The third kappa shape index (κ3) is 1.84. The quantitative estimate of drug-likeness (QED) is 0.652. The Bertz CT molecular complexity index is 765. The first-order valence-electron chi connectivity index (χ1n) is 7.34. The monoisotopic (exact) mass is 304 g/mol. The molecule has 0 amide bonds. The van der Waals surface area contributed by atoms with Crippen LogP contribution in [0.25, 0.3) is 0 Å². The number of methoxy groups -OCH3 is 1. The van der Waals surface area contributed by atoms with Crippen molar-refractivity contribution in [3.8, 4) is 0 Å². The Kier molecular flexibility index (Phi) is 3.29. The second-order valence-corrected chi connectivity index (χ2v) is 6.43. The molecule has 0 aliphatic carbocycles. The van der Waals surface area contributed by atoms with Crippen molar-refractivity contribution < 1.29 is 4.74 Å². The van der Waals surface area contributed by atoms with Crippen LogP contribution in [0.3, 0.4) is 0 Å². The summed E-state index contributed by atoms with van der Waals surface area (Å²) in [5, 5.41) is 0. The summed E-state index contributed by atoms with van der Waals surface area (Å²) in [5.74, 6) is 0. The average Bonchev–Trinajstić information content (AvgIpc) is 2.60. The number of fused-ring (bicyclic) bond motifs is 2. The van der Waals surface area contributed by atoms with Gasteiger partial charge in [0, 0.05) is 28.0 Å². The van der Waals surface area contributed by atoms with Crippen LogP contribution in [0, 0.1) is 0 Å². The lowest BCUT2D eigenvalue weighted by atomic mass is 9.79. The van der Waals surface area contributed by atoms with Crippen molar-refractivity contribution in [2.75, 3.05) is 7.11 Å². The number of hydrogen-bond donors (Lipinski definition) is 0. The summed E-state index contributed by atoms with van der Waals surface area (Å²) in [4.78, 5) is 2.51. The summed E-state index contributed by atoms with van der Waals surface area (Å²) in [6.07, 6.45) is 0. The van der Waals surface area contributed by atoms with Crippen LogP contribution in [0.2, 0.25) is 0 Å². The normalized spacial score (nSPS) is 15.0. The third-order valence-electron chi connectivity index (χ3n) is 4.24. The zero-order chi connectivity index (χ0) is 15.0. The molecule has 0 bridgehead atoms. The van der Waals surface area contributed by atoms with Gasteiger partial charge in [0.15, 0.2) is 0 Å². The first-order valence-corrected chi connectivity index (χ1v) is 8.15. The van der Waals surface area contributed by atoms with Gasteiger partial charge in [0.25, 0.3) is 0 Å². The van der Waals surface area contributed by atoms with Crippen molar-refractivity contribution >= 4 is 11.8 Å². The van der Waals surface area contributed by atoms with Crippen molar-refractivity contribution in [3.05, 3.63) is 95.6 Å². The van der Waals surface area contributed by atoms with Gasteiger partial charge in [-0.3, -0.25) is 0 Å². The highest BCUT2D eigenvalue weighted by Gasteiger charge is 2.42. The van der Waals surface area contributed by atoms with Crippen molar-refractivity contribution in [1.29, 1.82) is 0 Å². The van der Waals surface area contributed by atoms with E-state index in [0.717, 1.165) is 5.56 Å². The Morgan fingerprint density at radius 2 is 1.18 bits per heavy atom. The summed E-state index contributed by atoms with van der Waals surface area (Å²) >= 11 is 1.81. The molecule has 1 aliphatic rings. The molecule has 0 unspecified atom stereocenters. The molecular weight excluding hydrogens is 288 g/mol. The SMILES string of the molecule is COC1(c2ccccc2)c2ccccc2Sc2ccccc21. The van der Waals surface area contributed by atoms with Gasteiger partial charge in [0.05, 0.1) is 0 Å². The topological polar surface area (TPSA) is 9.23 Å². The molecule has 1 aliphatic heterocycles. The minimum atomic E-state index is -0.542. The van der Waals surface area contributed by atoms with Crippen molar-refractivity contribution in [2.24, 2.45) is 0 Å². The largest absolute Gasteiger partial charge is 0.364 e. The highest BCUT2D eigenvalue weighted by molar-refractivity contribution is 7.99. The zero-order valence-electron chi connectivity index (χ0n) is 12.3. The fraction of sp³-hybridized carbons (Fsp3) is 0.100. The Hall–Kier alpha value is -2.03. The summed E-state index contributed by atoms with van der Waals surface area (Å²) in [6, 6.07) is 27.5. The molecule has 1 heterocycles. The van der Waals surface area contributed by atoms with Crippen molar-refractivity contribution in [1.82, 2.24) is 0 Å². The first-order chi connectivity index (χ1) is 10.9. The van der Waals surface area contributed by atoms with E-state index < -0.39 is 5.60 Å². The molecule has 1 nitrogen and oxygen atoms in total. The van der Waals surface area contributed by atoms with Crippen LogP contribution in [0.1, 0.15) is 16.7 Å². The van der Waals surface area contributed by atoms with E-state index in [2.05, 4.69) is 72.8 Å². The van der Waals surface area contributed by atoms with E-state index in [0.29, 0.717) is 0 Å². The highest BCUT2D eigenvalue weighted by atomic mass is 32.2. The van der Waals surface area contributed by atoms with Crippen LogP contribution < -0.4 is 0 Å². The molecule has 0 aromatic heterocycles. The molecule has 4 rings (SSSR count). The van der Waals surface area contributed by atoms with Gasteiger partial charge in [-0.25, -0.2) is 0 Å². The molecule has 22 heavy (non-hydrogen) atoms. The summed E-state index contributed by atoms with van der Waals surface area (Å²) in [7, 11) is 1.80. The molecule has 0 radical (unpaired) electrons. The van der Waals surface area contributed by atoms with E-state index in [-0.39, 0.29) is 0 Å². The zero-order valence-corrected chi connectivity index (χ0v) is 13.1. The second kappa shape index (κ2) is 5.31. The summed E-state index contributed by atoms with van der Waals surface area (Å²) in [5.41, 5.74) is 3.05. The van der Waals surface area contributed by atoms with Gasteiger partial charge in [0.1, 0.15) is 5.60 Å². The van der Waals surface area contributed by atoms with Gasteiger partial charge < -0.3 is 4.74 Å². The van der Waals surface area contributed by atoms with Gasteiger partial charge in [0.2, 0.25) is 0 Å². The Balaban J connectivity index is 2.09. The number of ether oxygens (including phenoxy) is 1. The fourth-order valence-electron chi connectivity index (χ4n) is 3.28. The third-order valence-corrected chi connectivity index (χ3v) is 5.39. The molecule has 0 fully saturated rings. The predicted molar refractivity (Wildman–Crippen MR) is 90.3 cm³/mol. The molecule has 0 N–H and O–H groups in total. The molecule has 0 spiro atoms. The number of hydrogen-bond acceptors (Lipinski definition) is 2. The summed E-state index contributed by atoms with van der Waals surface area (Å²) < 4.78 is 6.20. The molecular formula is C20H16OS. The maximum Gasteiger partial charge on any atom is 0.145 e. The molecule has 2 heteroatoms. The predicted octanol–water partition coefficient (Wildman–Crippen LogP) is 5.09. The van der Waals surface area contributed by atoms with Crippen LogP contribution in [-0.4, -0.2) is 7.11 Å². The van der Waals surface area contributed by atoms with Crippen molar-refractivity contribution in [2.45, 2.75) is 15.4 Å². The van der Waals surface area contributed by atoms with E-state index in [1.54, 1.807) is 7.11 Å². The maximum absolute atomic E-state index is 6.20. The lowest BCUT2D eigenvalue weighted by Gasteiger charge is -2.39. The van der Waals surface area contributed by atoms with Gasteiger partial charge in [-0.1, -0.05) is 78.5 Å². The van der Waals surface area contributed by atoms with E-state index in [1.165, 1.54) is 20.9 Å². The molecule has 3 aromatic rings. The minimum absolute atomic E-state index is 0.542. The van der Waals surface area contributed by atoms with Crippen LogP contribution >= 0.6 is 11.8 Å². The van der Waals surface area contributed by atoms with Crippen molar-refractivity contribution in [3.63, 3.8) is 0 Å². The molecule has 0 saturated carbocycles. The highest BCUT2D eigenvalue weighted by Crippen LogP contribution is 2.52. The van der Waals surface area contributed by atoms with Crippen LogP contribution in [-0.2, 0) is 10.3 Å². The molecule has 0 atom stereocenters. The molecule has 3 aromatic carbocycles. The Labute approximate surface area is 135 Å². The van der Waals surface area contributed by atoms with Crippen LogP contribution in [0.4, 0.5) is 0 Å². The fourth-order valence-corrected chi connectivity index (χ4v) is 4.45.